The van der Waals surface area contributed by atoms with Crippen molar-refractivity contribution in [3.8, 4) is 11.4 Å². The van der Waals surface area contributed by atoms with Gasteiger partial charge in [0.25, 0.3) is 0 Å². The zero-order valence-electron chi connectivity index (χ0n) is 12.9. The third-order valence-electron chi connectivity index (χ3n) is 3.23. The van der Waals surface area contributed by atoms with Crippen molar-refractivity contribution in [2.75, 3.05) is 5.32 Å². The van der Waals surface area contributed by atoms with E-state index in [0.717, 1.165) is 15.7 Å². The molecule has 0 aliphatic carbocycles. The molecule has 0 saturated heterocycles. The van der Waals surface area contributed by atoms with E-state index in [4.69, 9.17) is 16.7 Å². The first kappa shape index (κ1) is 16.6. The molecule has 24 heavy (non-hydrogen) atoms. The Morgan fingerprint density at radius 1 is 1.21 bits per heavy atom. The number of nitrogens with one attached hydrogen (secondary N) is 2. The number of halogens is 1. The molecule has 0 radical (unpaired) electrons. The molecule has 2 aromatic carbocycles. The summed E-state index contributed by atoms with van der Waals surface area (Å²) < 4.78 is 6.22. The average molecular weight is 403 g/mol. The largest absolute Gasteiger partial charge is 0.353 e. The highest BCUT2D eigenvalue weighted by molar-refractivity contribution is 9.10. The maximum atomic E-state index is 5.28. The molecule has 0 aliphatic rings. The molecule has 7 heteroatoms. The van der Waals surface area contributed by atoms with Crippen molar-refractivity contribution in [2.24, 2.45) is 0 Å². The van der Waals surface area contributed by atoms with Gasteiger partial charge in [-0.15, -0.1) is 0 Å². The van der Waals surface area contributed by atoms with Gasteiger partial charge in [0.15, 0.2) is 5.11 Å². The molecule has 0 saturated carbocycles. The van der Waals surface area contributed by atoms with Crippen molar-refractivity contribution in [2.45, 2.75) is 13.5 Å². The fourth-order valence-electron chi connectivity index (χ4n) is 2.13. The highest BCUT2D eigenvalue weighted by Gasteiger charge is 2.09. The summed E-state index contributed by atoms with van der Waals surface area (Å²) in [6, 6.07) is 15.7. The van der Waals surface area contributed by atoms with Gasteiger partial charge < -0.3 is 15.2 Å². The Morgan fingerprint density at radius 2 is 2.04 bits per heavy atom. The lowest BCUT2D eigenvalue weighted by Crippen LogP contribution is -2.28. The quantitative estimate of drug-likeness (QED) is 0.634. The van der Waals surface area contributed by atoms with Crippen LogP contribution in [0.5, 0.6) is 0 Å². The summed E-state index contributed by atoms with van der Waals surface area (Å²) in [5, 5.41) is 10.7. The number of benzene rings is 2. The molecule has 1 aromatic heterocycles. The highest BCUT2D eigenvalue weighted by Crippen LogP contribution is 2.20. The van der Waals surface area contributed by atoms with Gasteiger partial charge in [-0.25, -0.2) is 0 Å². The molecular weight excluding hydrogens is 388 g/mol. The van der Waals surface area contributed by atoms with E-state index < -0.39 is 0 Å². The number of hydrogen-bond donors (Lipinski definition) is 2. The number of rotatable bonds is 4. The summed E-state index contributed by atoms with van der Waals surface area (Å²) in [6.07, 6.45) is 0. The third-order valence-corrected chi connectivity index (χ3v) is 3.97. The standard InChI is InChI=1S/C17H15BrN4OS/c1-11-4-2-7-14(8-11)20-17(24)19-10-15-21-16(22-23-15)12-5-3-6-13(18)9-12/h2-9H,10H2,1H3,(H2,19,20,24). The number of thiocarbonyl (C=S) groups is 1. The molecule has 3 rings (SSSR count). The van der Waals surface area contributed by atoms with E-state index in [-0.39, 0.29) is 0 Å². The lowest BCUT2D eigenvalue weighted by molar-refractivity contribution is 0.376. The number of aromatic nitrogens is 2. The van der Waals surface area contributed by atoms with Crippen molar-refractivity contribution < 1.29 is 4.52 Å². The second kappa shape index (κ2) is 7.55. The van der Waals surface area contributed by atoms with Crippen LogP contribution in [0.1, 0.15) is 11.5 Å². The predicted molar refractivity (Wildman–Crippen MR) is 102 cm³/mol. The number of anilines is 1. The van der Waals surface area contributed by atoms with Gasteiger partial charge in [-0.2, -0.15) is 4.98 Å². The first-order valence-corrected chi connectivity index (χ1v) is 8.50. The summed E-state index contributed by atoms with van der Waals surface area (Å²) in [6.45, 7) is 2.39. The Labute approximate surface area is 153 Å². The molecule has 2 N–H and O–H groups in total. The summed E-state index contributed by atoms with van der Waals surface area (Å²) in [5.74, 6) is 1.02. The Hall–Kier alpha value is -2.25. The molecule has 0 spiro atoms. The van der Waals surface area contributed by atoms with E-state index in [1.54, 1.807) is 0 Å². The molecular formula is C17H15BrN4OS. The maximum absolute atomic E-state index is 5.28. The fourth-order valence-corrected chi connectivity index (χ4v) is 2.71. The number of aryl methyl sites for hydroxylation is 1. The second-order valence-corrected chi connectivity index (χ2v) is 6.52. The minimum Gasteiger partial charge on any atom is -0.353 e. The molecule has 3 aromatic rings. The molecule has 1 heterocycles. The van der Waals surface area contributed by atoms with Crippen LogP contribution < -0.4 is 10.6 Å². The van der Waals surface area contributed by atoms with Gasteiger partial charge in [-0.1, -0.05) is 45.4 Å². The zero-order valence-corrected chi connectivity index (χ0v) is 15.3. The summed E-state index contributed by atoms with van der Waals surface area (Å²) in [7, 11) is 0. The van der Waals surface area contributed by atoms with Gasteiger partial charge in [0.1, 0.15) is 0 Å². The normalized spacial score (nSPS) is 10.4. The van der Waals surface area contributed by atoms with Crippen LogP contribution in [0.2, 0.25) is 0 Å². The monoisotopic (exact) mass is 402 g/mol. The number of nitrogens with zero attached hydrogens (tertiary/aromatic N) is 2. The highest BCUT2D eigenvalue weighted by atomic mass is 79.9. The van der Waals surface area contributed by atoms with E-state index in [1.807, 2.05) is 55.5 Å². The van der Waals surface area contributed by atoms with Crippen LogP contribution in [0.15, 0.2) is 57.5 Å². The molecule has 0 aliphatic heterocycles. The zero-order chi connectivity index (χ0) is 16.9. The minimum absolute atomic E-state index is 0.360. The smallest absolute Gasteiger partial charge is 0.246 e. The van der Waals surface area contributed by atoms with Crippen molar-refractivity contribution >= 4 is 38.9 Å². The average Bonchev–Trinajstić information content (AvgIpc) is 3.02. The van der Waals surface area contributed by atoms with E-state index in [9.17, 15) is 0 Å². The molecule has 0 atom stereocenters. The first-order chi connectivity index (χ1) is 11.6. The lowest BCUT2D eigenvalue weighted by atomic mass is 10.2. The van der Waals surface area contributed by atoms with Gasteiger partial charge >= 0.3 is 0 Å². The van der Waals surface area contributed by atoms with Crippen molar-refractivity contribution in [1.82, 2.24) is 15.5 Å². The summed E-state index contributed by atoms with van der Waals surface area (Å²) in [5.41, 5.74) is 2.99. The Bertz CT molecular complexity index is 865. The SMILES string of the molecule is Cc1cccc(NC(=S)NCc2nc(-c3cccc(Br)c3)no2)c1. The molecule has 122 valence electrons. The predicted octanol–water partition coefficient (Wildman–Crippen LogP) is 4.29. The molecule has 0 unspecified atom stereocenters. The maximum Gasteiger partial charge on any atom is 0.246 e. The fraction of sp³-hybridized carbons (Fsp3) is 0.118. The van der Waals surface area contributed by atoms with Crippen LogP contribution in [0.4, 0.5) is 5.69 Å². The molecule has 0 amide bonds. The Balaban J connectivity index is 1.58. The van der Waals surface area contributed by atoms with E-state index in [2.05, 4.69) is 36.7 Å². The van der Waals surface area contributed by atoms with Crippen LogP contribution in [-0.2, 0) is 6.54 Å². The Kier molecular flexibility index (Phi) is 5.22. The summed E-state index contributed by atoms with van der Waals surface area (Å²) >= 11 is 8.71. The topological polar surface area (TPSA) is 63.0 Å². The number of hydrogen-bond acceptors (Lipinski definition) is 4. The molecule has 0 fully saturated rings. The van der Waals surface area contributed by atoms with Crippen LogP contribution in [0, 0.1) is 6.92 Å². The molecule has 0 bridgehead atoms. The second-order valence-electron chi connectivity index (χ2n) is 5.20. The minimum atomic E-state index is 0.360. The first-order valence-electron chi connectivity index (χ1n) is 7.30. The van der Waals surface area contributed by atoms with Crippen LogP contribution in [0.3, 0.4) is 0 Å². The molecule has 5 nitrogen and oxygen atoms in total. The third kappa shape index (κ3) is 4.39. The van der Waals surface area contributed by atoms with E-state index in [0.29, 0.717) is 23.4 Å². The van der Waals surface area contributed by atoms with Crippen molar-refractivity contribution in [3.63, 3.8) is 0 Å². The Morgan fingerprint density at radius 3 is 2.83 bits per heavy atom. The van der Waals surface area contributed by atoms with Crippen molar-refractivity contribution in [3.05, 3.63) is 64.5 Å². The lowest BCUT2D eigenvalue weighted by Gasteiger charge is -2.09. The van der Waals surface area contributed by atoms with Gasteiger partial charge in [-0.05, 0) is 49.0 Å². The van der Waals surface area contributed by atoms with Crippen LogP contribution >= 0.6 is 28.1 Å². The summed E-state index contributed by atoms with van der Waals surface area (Å²) in [4.78, 5) is 4.37. The van der Waals surface area contributed by atoms with E-state index in [1.165, 1.54) is 5.56 Å². The van der Waals surface area contributed by atoms with Gasteiger partial charge in [0.2, 0.25) is 11.7 Å². The van der Waals surface area contributed by atoms with Gasteiger partial charge in [-0.3, -0.25) is 0 Å². The van der Waals surface area contributed by atoms with Crippen molar-refractivity contribution in [1.29, 1.82) is 0 Å². The van der Waals surface area contributed by atoms with Gasteiger partial charge in [0, 0.05) is 15.7 Å². The van der Waals surface area contributed by atoms with Gasteiger partial charge in [0.05, 0.1) is 6.54 Å². The van der Waals surface area contributed by atoms with E-state index >= 15 is 0 Å². The van der Waals surface area contributed by atoms with Crippen LogP contribution in [-0.4, -0.2) is 15.3 Å². The van der Waals surface area contributed by atoms with Crippen LogP contribution in [0.25, 0.3) is 11.4 Å².